The molecule has 3 unspecified atom stereocenters. The van der Waals surface area contributed by atoms with Crippen LogP contribution < -0.4 is 5.32 Å². The molecule has 1 amide bonds. The first-order valence-corrected chi connectivity index (χ1v) is 8.03. The van der Waals surface area contributed by atoms with Crippen molar-refractivity contribution in [2.45, 2.75) is 52.6 Å². The average molecular weight is 288 g/mol. The van der Waals surface area contributed by atoms with Crippen molar-refractivity contribution in [2.24, 2.45) is 11.8 Å². The minimum Gasteiger partial charge on any atom is -0.382 e. The summed E-state index contributed by atoms with van der Waals surface area (Å²) in [5, 5.41) is 3.71. The lowest BCUT2D eigenvalue weighted by atomic mass is 9.79. The van der Waals surface area contributed by atoms with Gasteiger partial charge in [0.05, 0.1) is 0 Å². The van der Waals surface area contributed by atoms with Gasteiger partial charge < -0.3 is 10.2 Å². The first-order chi connectivity index (χ1) is 9.97. The van der Waals surface area contributed by atoms with E-state index in [9.17, 15) is 4.79 Å². The molecule has 1 aromatic carbocycles. The van der Waals surface area contributed by atoms with Gasteiger partial charge in [-0.25, -0.2) is 0 Å². The summed E-state index contributed by atoms with van der Waals surface area (Å²) < 4.78 is 0. The molecule has 0 bridgehead atoms. The van der Waals surface area contributed by atoms with Crippen LogP contribution in [0.4, 0.5) is 5.69 Å². The standard InChI is InChI=1S/C18H28N2O/c1-13-9-10-17(11-14(13)2)19-18-8-6-5-7-16(18)12-20(4)15(3)21/h5-8,13-14,17,19H,9-12H2,1-4H3. The molecule has 2 rings (SSSR count). The van der Waals surface area contributed by atoms with Crippen LogP contribution in [0.3, 0.4) is 0 Å². The molecule has 0 spiro atoms. The van der Waals surface area contributed by atoms with Gasteiger partial charge in [0.1, 0.15) is 0 Å². The van der Waals surface area contributed by atoms with E-state index in [-0.39, 0.29) is 5.91 Å². The minimum atomic E-state index is 0.102. The van der Waals surface area contributed by atoms with E-state index in [1.165, 1.54) is 30.5 Å². The molecule has 21 heavy (non-hydrogen) atoms. The Labute approximate surface area is 128 Å². The number of hydrogen-bond acceptors (Lipinski definition) is 2. The molecular weight excluding hydrogens is 260 g/mol. The minimum absolute atomic E-state index is 0.102. The van der Waals surface area contributed by atoms with Crippen LogP contribution in [0.15, 0.2) is 24.3 Å². The summed E-state index contributed by atoms with van der Waals surface area (Å²) in [5.74, 6) is 1.72. The number of rotatable bonds is 4. The molecule has 0 aliphatic heterocycles. The van der Waals surface area contributed by atoms with Crippen LogP contribution in [0.2, 0.25) is 0 Å². The Morgan fingerprint density at radius 3 is 2.62 bits per heavy atom. The van der Waals surface area contributed by atoms with Crippen molar-refractivity contribution in [1.29, 1.82) is 0 Å². The second-order valence-corrected chi connectivity index (χ2v) is 6.64. The molecular formula is C18H28N2O. The number of amides is 1. The highest BCUT2D eigenvalue weighted by atomic mass is 16.2. The van der Waals surface area contributed by atoms with Crippen LogP contribution in [0, 0.1) is 11.8 Å². The Balaban J connectivity index is 2.04. The molecule has 1 aliphatic rings. The number of nitrogens with one attached hydrogen (secondary N) is 1. The van der Waals surface area contributed by atoms with Crippen molar-refractivity contribution in [3.05, 3.63) is 29.8 Å². The number of carbonyl (C=O) groups is 1. The summed E-state index contributed by atoms with van der Waals surface area (Å²) in [6, 6.07) is 8.90. The summed E-state index contributed by atoms with van der Waals surface area (Å²) in [7, 11) is 1.85. The molecule has 0 heterocycles. The van der Waals surface area contributed by atoms with E-state index in [1.54, 1.807) is 11.8 Å². The van der Waals surface area contributed by atoms with E-state index >= 15 is 0 Å². The average Bonchev–Trinajstić information content (AvgIpc) is 2.45. The number of nitrogens with zero attached hydrogens (tertiary/aromatic N) is 1. The fraction of sp³-hybridized carbons (Fsp3) is 0.611. The van der Waals surface area contributed by atoms with Crippen LogP contribution in [0.25, 0.3) is 0 Å². The third-order valence-corrected chi connectivity index (χ3v) is 4.92. The zero-order valence-electron chi connectivity index (χ0n) is 13.7. The lowest BCUT2D eigenvalue weighted by Crippen LogP contribution is -2.31. The molecule has 1 aromatic rings. The van der Waals surface area contributed by atoms with Gasteiger partial charge in [0.2, 0.25) is 5.91 Å². The van der Waals surface area contributed by atoms with E-state index < -0.39 is 0 Å². The second-order valence-electron chi connectivity index (χ2n) is 6.64. The molecule has 0 saturated heterocycles. The predicted octanol–water partition coefficient (Wildman–Crippen LogP) is 3.90. The largest absolute Gasteiger partial charge is 0.382 e. The molecule has 1 fully saturated rings. The Kier molecular flexibility index (Phi) is 5.27. The molecule has 116 valence electrons. The number of para-hydroxylation sites is 1. The van der Waals surface area contributed by atoms with Gasteiger partial charge in [-0.1, -0.05) is 32.0 Å². The topological polar surface area (TPSA) is 32.3 Å². The lowest BCUT2D eigenvalue weighted by molar-refractivity contribution is -0.128. The summed E-state index contributed by atoms with van der Waals surface area (Å²) in [6.45, 7) is 6.99. The van der Waals surface area contributed by atoms with Crippen LogP contribution in [0.5, 0.6) is 0 Å². The molecule has 0 radical (unpaired) electrons. The van der Waals surface area contributed by atoms with Crippen molar-refractivity contribution in [3.63, 3.8) is 0 Å². The van der Waals surface area contributed by atoms with Crippen molar-refractivity contribution < 1.29 is 4.79 Å². The van der Waals surface area contributed by atoms with Crippen molar-refractivity contribution in [3.8, 4) is 0 Å². The van der Waals surface area contributed by atoms with Gasteiger partial charge in [-0.2, -0.15) is 0 Å². The lowest BCUT2D eigenvalue weighted by Gasteiger charge is -2.33. The van der Waals surface area contributed by atoms with Gasteiger partial charge in [-0.15, -0.1) is 0 Å². The van der Waals surface area contributed by atoms with Crippen LogP contribution >= 0.6 is 0 Å². The number of carbonyl (C=O) groups excluding carboxylic acids is 1. The highest BCUT2D eigenvalue weighted by Gasteiger charge is 2.24. The normalized spacial score (nSPS) is 25.4. The number of benzene rings is 1. The first-order valence-electron chi connectivity index (χ1n) is 8.03. The highest BCUT2D eigenvalue weighted by Crippen LogP contribution is 2.31. The summed E-state index contributed by atoms with van der Waals surface area (Å²) >= 11 is 0. The predicted molar refractivity (Wildman–Crippen MR) is 88.2 cm³/mol. The maximum Gasteiger partial charge on any atom is 0.219 e. The van der Waals surface area contributed by atoms with Gasteiger partial charge in [-0.05, 0) is 42.7 Å². The molecule has 3 heteroatoms. The summed E-state index contributed by atoms with van der Waals surface area (Å²) in [5.41, 5.74) is 2.37. The number of anilines is 1. The molecule has 1 N–H and O–H groups in total. The maximum atomic E-state index is 11.4. The van der Waals surface area contributed by atoms with E-state index in [0.29, 0.717) is 12.6 Å². The van der Waals surface area contributed by atoms with Gasteiger partial charge in [0.15, 0.2) is 0 Å². The molecule has 1 saturated carbocycles. The van der Waals surface area contributed by atoms with Gasteiger partial charge in [0, 0.05) is 32.2 Å². The quantitative estimate of drug-likeness (QED) is 0.911. The van der Waals surface area contributed by atoms with E-state index in [2.05, 4.69) is 37.4 Å². The number of hydrogen-bond donors (Lipinski definition) is 1. The smallest absolute Gasteiger partial charge is 0.219 e. The van der Waals surface area contributed by atoms with Crippen LogP contribution in [0.1, 0.15) is 45.6 Å². The van der Waals surface area contributed by atoms with Crippen molar-refractivity contribution in [2.75, 3.05) is 12.4 Å². The van der Waals surface area contributed by atoms with Gasteiger partial charge >= 0.3 is 0 Å². The highest BCUT2D eigenvalue weighted by molar-refractivity contribution is 5.73. The SMILES string of the molecule is CC(=O)N(C)Cc1ccccc1NC1CCC(C)C(C)C1. The van der Waals surface area contributed by atoms with Crippen LogP contribution in [-0.4, -0.2) is 23.9 Å². The molecule has 0 aromatic heterocycles. The Morgan fingerprint density at radius 1 is 1.24 bits per heavy atom. The maximum absolute atomic E-state index is 11.4. The van der Waals surface area contributed by atoms with E-state index in [1.807, 2.05) is 13.1 Å². The first kappa shape index (κ1) is 15.9. The summed E-state index contributed by atoms with van der Waals surface area (Å²) in [6.07, 6.45) is 3.77. The fourth-order valence-electron chi connectivity index (χ4n) is 3.06. The Hall–Kier alpha value is -1.51. The molecule has 3 atom stereocenters. The van der Waals surface area contributed by atoms with Crippen LogP contribution in [-0.2, 0) is 11.3 Å². The van der Waals surface area contributed by atoms with Gasteiger partial charge in [-0.3, -0.25) is 4.79 Å². The fourth-order valence-corrected chi connectivity index (χ4v) is 3.06. The van der Waals surface area contributed by atoms with Crippen molar-refractivity contribution in [1.82, 2.24) is 4.90 Å². The Bertz CT molecular complexity index is 486. The van der Waals surface area contributed by atoms with Gasteiger partial charge in [0.25, 0.3) is 0 Å². The summed E-state index contributed by atoms with van der Waals surface area (Å²) in [4.78, 5) is 13.2. The monoisotopic (exact) mass is 288 g/mol. The second kappa shape index (κ2) is 6.97. The van der Waals surface area contributed by atoms with E-state index in [0.717, 1.165) is 11.8 Å². The third kappa shape index (κ3) is 4.23. The third-order valence-electron chi connectivity index (χ3n) is 4.92. The zero-order valence-corrected chi connectivity index (χ0v) is 13.7. The van der Waals surface area contributed by atoms with Crippen molar-refractivity contribution >= 4 is 11.6 Å². The Morgan fingerprint density at radius 2 is 1.95 bits per heavy atom. The zero-order chi connectivity index (χ0) is 15.4. The van der Waals surface area contributed by atoms with E-state index in [4.69, 9.17) is 0 Å². The molecule has 3 nitrogen and oxygen atoms in total. The molecule has 1 aliphatic carbocycles.